The van der Waals surface area contributed by atoms with Gasteiger partial charge in [-0.15, -0.1) is 0 Å². The quantitative estimate of drug-likeness (QED) is 0.331. The van der Waals surface area contributed by atoms with Gasteiger partial charge in [0.25, 0.3) is 0 Å². The molecule has 0 bridgehead atoms. The maximum absolute atomic E-state index is 8.13. The molecule has 0 radical (unpaired) electrons. The van der Waals surface area contributed by atoms with Crippen molar-refractivity contribution in [3.63, 3.8) is 0 Å². The molecular formula is C6H7N3O2. The number of rotatable bonds is 2. The minimum absolute atomic E-state index is 0.641. The van der Waals surface area contributed by atoms with Crippen molar-refractivity contribution in [3.8, 4) is 0 Å². The molecule has 0 fully saturated rings. The summed E-state index contributed by atoms with van der Waals surface area (Å²) >= 11 is 0. The lowest BCUT2D eigenvalue weighted by molar-refractivity contribution is 0.321. The molecule has 1 aromatic rings. The van der Waals surface area contributed by atoms with Crippen LogP contribution >= 0.6 is 0 Å². The molecule has 1 aromatic heterocycles. The lowest BCUT2D eigenvalue weighted by atomic mass is 10.4. The SMILES string of the molecule is ON=Cc1ccc(C=NO)[nH]1. The van der Waals surface area contributed by atoms with E-state index < -0.39 is 0 Å². The van der Waals surface area contributed by atoms with Crippen LogP contribution in [-0.2, 0) is 0 Å². The van der Waals surface area contributed by atoms with Crippen LogP contribution in [0.4, 0.5) is 0 Å². The lowest BCUT2D eigenvalue weighted by Crippen LogP contribution is -1.83. The molecule has 0 aliphatic carbocycles. The number of hydrogen-bond acceptors (Lipinski definition) is 4. The zero-order chi connectivity index (χ0) is 8.10. The zero-order valence-electron chi connectivity index (χ0n) is 5.60. The molecular weight excluding hydrogens is 146 g/mol. The van der Waals surface area contributed by atoms with Crippen LogP contribution in [0.2, 0.25) is 0 Å². The number of H-pyrrole nitrogens is 1. The summed E-state index contributed by atoms with van der Waals surface area (Å²) < 4.78 is 0. The third-order valence-corrected chi connectivity index (χ3v) is 1.12. The Morgan fingerprint density at radius 2 is 1.55 bits per heavy atom. The van der Waals surface area contributed by atoms with Crippen LogP contribution in [0.5, 0.6) is 0 Å². The van der Waals surface area contributed by atoms with Crippen LogP contribution < -0.4 is 0 Å². The molecule has 58 valence electrons. The Labute approximate surface area is 62.7 Å². The van der Waals surface area contributed by atoms with Crippen molar-refractivity contribution in [2.45, 2.75) is 0 Å². The van der Waals surface area contributed by atoms with Crippen molar-refractivity contribution in [2.24, 2.45) is 10.3 Å². The van der Waals surface area contributed by atoms with E-state index in [0.29, 0.717) is 11.4 Å². The van der Waals surface area contributed by atoms with Crippen LogP contribution in [0.15, 0.2) is 22.4 Å². The fraction of sp³-hybridized carbons (Fsp3) is 0. The molecule has 0 saturated heterocycles. The van der Waals surface area contributed by atoms with E-state index in [1.54, 1.807) is 12.1 Å². The zero-order valence-corrected chi connectivity index (χ0v) is 5.60. The maximum Gasteiger partial charge on any atom is 0.0896 e. The van der Waals surface area contributed by atoms with Crippen molar-refractivity contribution in [3.05, 3.63) is 23.5 Å². The average Bonchev–Trinajstić information content (AvgIpc) is 2.38. The van der Waals surface area contributed by atoms with E-state index in [0.717, 1.165) is 0 Å². The van der Waals surface area contributed by atoms with Crippen molar-refractivity contribution < 1.29 is 10.4 Å². The predicted molar refractivity (Wildman–Crippen MR) is 39.6 cm³/mol. The monoisotopic (exact) mass is 153 g/mol. The fourth-order valence-electron chi connectivity index (χ4n) is 0.705. The molecule has 5 nitrogen and oxygen atoms in total. The molecule has 0 atom stereocenters. The number of nitrogens with one attached hydrogen (secondary N) is 1. The summed E-state index contributed by atoms with van der Waals surface area (Å²) in [4.78, 5) is 2.80. The average molecular weight is 153 g/mol. The van der Waals surface area contributed by atoms with E-state index >= 15 is 0 Å². The van der Waals surface area contributed by atoms with Crippen molar-refractivity contribution in [2.75, 3.05) is 0 Å². The molecule has 0 aliphatic heterocycles. The largest absolute Gasteiger partial charge is 0.411 e. The first-order valence-electron chi connectivity index (χ1n) is 2.90. The lowest BCUT2D eigenvalue weighted by Gasteiger charge is -1.82. The summed E-state index contributed by atoms with van der Waals surface area (Å²) in [5.74, 6) is 0. The summed E-state index contributed by atoms with van der Waals surface area (Å²) in [6.45, 7) is 0. The van der Waals surface area contributed by atoms with Crippen LogP contribution in [0.25, 0.3) is 0 Å². The highest BCUT2D eigenvalue weighted by molar-refractivity contribution is 5.82. The Bertz CT molecular complexity index is 251. The molecule has 5 heteroatoms. The second-order valence-electron chi connectivity index (χ2n) is 1.86. The standard InChI is InChI=1S/C6H7N3O2/c10-7-3-5-1-2-6(9-5)4-8-11/h1-4,9-11H. The van der Waals surface area contributed by atoms with Gasteiger partial charge in [0.1, 0.15) is 0 Å². The second-order valence-corrected chi connectivity index (χ2v) is 1.86. The summed E-state index contributed by atoms with van der Waals surface area (Å²) in [6, 6.07) is 3.38. The highest BCUT2D eigenvalue weighted by atomic mass is 16.4. The second kappa shape index (κ2) is 3.40. The number of hydrogen-bond donors (Lipinski definition) is 3. The molecule has 0 saturated carbocycles. The van der Waals surface area contributed by atoms with E-state index in [9.17, 15) is 0 Å². The predicted octanol–water partition coefficient (Wildman–Crippen LogP) is 0.631. The normalized spacial score (nSPS) is 11.6. The molecule has 1 heterocycles. The molecule has 0 spiro atoms. The molecule has 11 heavy (non-hydrogen) atoms. The molecule has 0 aromatic carbocycles. The molecule has 0 aliphatic rings. The van der Waals surface area contributed by atoms with Gasteiger partial charge in [-0.05, 0) is 12.1 Å². The third kappa shape index (κ3) is 1.82. The Balaban J connectivity index is 2.81. The van der Waals surface area contributed by atoms with Gasteiger partial charge in [-0.3, -0.25) is 0 Å². The van der Waals surface area contributed by atoms with Crippen LogP contribution in [0.1, 0.15) is 11.4 Å². The van der Waals surface area contributed by atoms with E-state index in [-0.39, 0.29) is 0 Å². The van der Waals surface area contributed by atoms with E-state index in [2.05, 4.69) is 15.3 Å². The Kier molecular flexibility index (Phi) is 2.27. The first kappa shape index (κ1) is 7.33. The number of oxime groups is 2. The van der Waals surface area contributed by atoms with Gasteiger partial charge in [-0.25, -0.2) is 0 Å². The molecule has 0 unspecified atom stereocenters. The van der Waals surface area contributed by atoms with Crippen molar-refractivity contribution in [1.82, 2.24) is 4.98 Å². The van der Waals surface area contributed by atoms with E-state index in [4.69, 9.17) is 10.4 Å². The van der Waals surface area contributed by atoms with Crippen LogP contribution in [-0.4, -0.2) is 27.8 Å². The van der Waals surface area contributed by atoms with Gasteiger partial charge in [-0.2, -0.15) is 0 Å². The Hall–Kier alpha value is -1.78. The van der Waals surface area contributed by atoms with Gasteiger partial charge in [0.05, 0.1) is 23.8 Å². The summed E-state index contributed by atoms with van der Waals surface area (Å²) in [6.07, 6.45) is 2.49. The number of aromatic nitrogens is 1. The summed E-state index contributed by atoms with van der Waals surface area (Å²) in [7, 11) is 0. The Morgan fingerprint density at radius 1 is 1.09 bits per heavy atom. The van der Waals surface area contributed by atoms with Gasteiger partial charge >= 0.3 is 0 Å². The minimum atomic E-state index is 0.641. The fourth-order valence-corrected chi connectivity index (χ4v) is 0.705. The smallest absolute Gasteiger partial charge is 0.0896 e. The highest BCUT2D eigenvalue weighted by Gasteiger charge is 1.91. The highest BCUT2D eigenvalue weighted by Crippen LogP contribution is 1.95. The van der Waals surface area contributed by atoms with E-state index in [1.807, 2.05) is 0 Å². The van der Waals surface area contributed by atoms with Gasteiger partial charge < -0.3 is 15.4 Å². The van der Waals surface area contributed by atoms with Crippen molar-refractivity contribution in [1.29, 1.82) is 0 Å². The van der Waals surface area contributed by atoms with Gasteiger partial charge in [0.2, 0.25) is 0 Å². The number of nitrogens with zero attached hydrogens (tertiary/aromatic N) is 2. The molecule has 1 rings (SSSR count). The third-order valence-electron chi connectivity index (χ3n) is 1.12. The van der Waals surface area contributed by atoms with Gasteiger partial charge in [-0.1, -0.05) is 10.3 Å². The van der Waals surface area contributed by atoms with Crippen molar-refractivity contribution >= 4 is 12.4 Å². The molecule has 0 amide bonds. The summed E-state index contributed by atoms with van der Waals surface area (Å²) in [5.41, 5.74) is 1.28. The topological polar surface area (TPSA) is 81.0 Å². The minimum Gasteiger partial charge on any atom is -0.411 e. The van der Waals surface area contributed by atoms with Gasteiger partial charge in [0.15, 0.2) is 0 Å². The van der Waals surface area contributed by atoms with E-state index in [1.165, 1.54) is 12.4 Å². The first-order chi connectivity index (χ1) is 5.36. The first-order valence-corrected chi connectivity index (χ1v) is 2.90. The molecule has 3 N–H and O–H groups in total. The van der Waals surface area contributed by atoms with Gasteiger partial charge in [0, 0.05) is 0 Å². The number of aromatic amines is 1. The maximum atomic E-state index is 8.13. The van der Waals surface area contributed by atoms with Crippen LogP contribution in [0.3, 0.4) is 0 Å². The Morgan fingerprint density at radius 3 is 1.91 bits per heavy atom. The van der Waals surface area contributed by atoms with Crippen LogP contribution in [0, 0.1) is 0 Å². The summed E-state index contributed by atoms with van der Waals surface area (Å²) in [5, 5.41) is 21.9.